The molecule has 0 fully saturated rings. The van der Waals surface area contributed by atoms with E-state index < -0.39 is 5.97 Å². The van der Waals surface area contributed by atoms with Crippen molar-refractivity contribution in [2.75, 3.05) is 0 Å². The number of hydrogen-bond donors (Lipinski definition) is 1. The fourth-order valence-corrected chi connectivity index (χ4v) is 2.29. The first-order chi connectivity index (χ1) is 8.77. The van der Waals surface area contributed by atoms with Crippen molar-refractivity contribution in [1.29, 1.82) is 0 Å². The maximum Gasteiger partial charge on any atom is 0.303 e. The van der Waals surface area contributed by atoms with Gasteiger partial charge >= 0.3 is 5.97 Å². The van der Waals surface area contributed by atoms with Gasteiger partial charge in [-0.15, -0.1) is 0 Å². The van der Waals surface area contributed by atoms with E-state index in [0.29, 0.717) is 6.42 Å². The second-order valence-corrected chi connectivity index (χ2v) is 5.39. The molecule has 0 aromatic heterocycles. The largest absolute Gasteiger partial charge is 0.481 e. The molecule has 0 heterocycles. The summed E-state index contributed by atoms with van der Waals surface area (Å²) in [6.07, 6.45) is 17.3. The molecule has 1 N–H and O–H groups in total. The Kier molecular flexibility index (Phi) is 21.8. The Hall–Kier alpha value is 0.795. The van der Waals surface area contributed by atoms with Gasteiger partial charge in [-0.25, -0.2) is 0 Å². The third kappa shape index (κ3) is 21.2. The number of aliphatic carboxylic acids is 1. The zero-order valence-corrected chi connectivity index (χ0v) is 14.9. The first kappa shape index (κ1) is 22.1. The Labute approximate surface area is 151 Å². The van der Waals surface area contributed by atoms with Crippen LogP contribution in [0.2, 0.25) is 0 Å². The van der Waals surface area contributed by atoms with Crippen molar-refractivity contribution < 1.29 is 49.8 Å². The van der Waals surface area contributed by atoms with Crippen LogP contribution < -0.4 is 0 Å². The van der Waals surface area contributed by atoms with Crippen molar-refractivity contribution >= 4 is 5.97 Å². The molecule has 0 aromatic rings. The summed E-state index contributed by atoms with van der Waals surface area (Å²) in [6.45, 7) is 2.26. The minimum Gasteiger partial charge on any atom is -0.481 e. The van der Waals surface area contributed by atoms with Crippen molar-refractivity contribution in [3.63, 3.8) is 0 Å². The van der Waals surface area contributed by atoms with E-state index in [0.717, 1.165) is 12.8 Å². The molecular weight excluding hydrogens is 381 g/mol. The molecule has 19 heavy (non-hydrogen) atoms. The Bertz CT molecular complexity index is 184. The molecule has 0 aliphatic carbocycles. The second-order valence-electron chi connectivity index (χ2n) is 5.39. The van der Waals surface area contributed by atoms with Crippen LogP contribution in [-0.2, 0) is 4.79 Å². The zero-order chi connectivity index (χ0) is 13.5. The van der Waals surface area contributed by atoms with Crippen LogP contribution in [0.1, 0.15) is 96.8 Å². The van der Waals surface area contributed by atoms with Gasteiger partial charge in [-0.1, -0.05) is 84.0 Å². The number of carbonyl (C=O) groups is 1. The normalized spacial score (nSPS) is 10.2. The second kappa shape index (κ2) is 18.8. The van der Waals surface area contributed by atoms with Crippen LogP contribution in [0.25, 0.3) is 0 Å². The van der Waals surface area contributed by atoms with E-state index in [-0.39, 0.29) is 39.9 Å². The number of unbranched alkanes of at least 4 members (excludes halogenated alkanes) is 12. The minimum atomic E-state index is -0.655. The third-order valence-corrected chi connectivity index (χ3v) is 3.49. The monoisotopic (exact) mass is 414 g/mol. The summed E-state index contributed by atoms with van der Waals surface area (Å²) in [6, 6.07) is 0. The molecule has 0 aromatic carbocycles. The van der Waals surface area contributed by atoms with Gasteiger partial charge in [0.2, 0.25) is 0 Å². The molecule has 0 saturated heterocycles. The molecule has 2 nitrogen and oxygen atoms in total. The Morgan fingerprint density at radius 3 is 1.32 bits per heavy atom. The summed E-state index contributed by atoms with van der Waals surface area (Å²) in [5, 5.41) is 8.49. The topological polar surface area (TPSA) is 37.3 Å². The average molecular weight is 414 g/mol. The summed E-state index contributed by atoms with van der Waals surface area (Å²) >= 11 is 0. The maximum atomic E-state index is 10.3. The van der Waals surface area contributed by atoms with Gasteiger partial charge < -0.3 is 5.11 Å². The fraction of sp³-hybridized carbons (Fsp3) is 0.938. The molecule has 3 heteroatoms. The number of carboxylic acid groups (broad SMARTS) is 1. The average Bonchev–Trinajstić information content (AvgIpc) is 2.34. The van der Waals surface area contributed by atoms with Crippen LogP contribution in [0.3, 0.4) is 0 Å². The molecule has 0 radical (unpaired) electrons. The first-order valence-corrected chi connectivity index (χ1v) is 7.99. The molecule has 0 atom stereocenters. The quantitative estimate of drug-likeness (QED) is 0.379. The number of rotatable bonds is 14. The molecule has 0 amide bonds. The van der Waals surface area contributed by atoms with Gasteiger partial charge in [0.1, 0.15) is 0 Å². The molecule has 0 unspecified atom stereocenters. The van der Waals surface area contributed by atoms with Crippen LogP contribution in [0.4, 0.5) is 0 Å². The van der Waals surface area contributed by atoms with E-state index in [2.05, 4.69) is 6.92 Å². The maximum absolute atomic E-state index is 10.3. The van der Waals surface area contributed by atoms with Crippen molar-refractivity contribution in [3.05, 3.63) is 0 Å². The van der Waals surface area contributed by atoms with Gasteiger partial charge in [0.15, 0.2) is 0 Å². The van der Waals surface area contributed by atoms with Crippen LogP contribution in [0.15, 0.2) is 0 Å². The number of hydrogen-bond acceptors (Lipinski definition) is 1. The molecular formula is C16H32GdO2. The van der Waals surface area contributed by atoms with Crippen LogP contribution in [0.5, 0.6) is 0 Å². The molecule has 116 valence electrons. The van der Waals surface area contributed by atoms with E-state index in [1.807, 2.05) is 0 Å². The summed E-state index contributed by atoms with van der Waals surface area (Å²) in [5.74, 6) is -0.655. The third-order valence-electron chi connectivity index (χ3n) is 3.49. The van der Waals surface area contributed by atoms with E-state index >= 15 is 0 Å². The molecule has 0 aliphatic rings. The molecule has 0 rings (SSSR count). The van der Waals surface area contributed by atoms with E-state index in [1.54, 1.807) is 0 Å². The van der Waals surface area contributed by atoms with Gasteiger partial charge in [-0.05, 0) is 6.42 Å². The molecule has 0 aliphatic heterocycles. The van der Waals surface area contributed by atoms with Crippen LogP contribution in [-0.4, -0.2) is 11.1 Å². The summed E-state index contributed by atoms with van der Waals surface area (Å²) in [7, 11) is 0. The Balaban J connectivity index is 0. The van der Waals surface area contributed by atoms with E-state index in [9.17, 15) is 4.79 Å². The van der Waals surface area contributed by atoms with Gasteiger partial charge in [-0.3, -0.25) is 4.79 Å². The Morgan fingerprint density at radius 2 is 1.00 bits per heavy atom. The summed E-state index contributed by atoms with van der Waals surface area (Å²) < 4.78 is 0. The van der Waals surface area contributed by atoms with E-state index in [4.69, 9.17) is 5.11 Å². The van der Waals surface area contributed by atoms with Crippen molar-refractivity contribution in [1.82, 2.24) is 0 Å². The standard InChI is InChI=1S/C16H32O2.Gd/c1-2-3-4-5-6-7-8-9-10-11-12-13-14-15-16(17)18;/h2-15H2,1H3,(H,17,18);. The summed E-state index contributed by atoms with van der Waals surface area (Å²) in [5.41, 5.74) is 0. The van der Waals surface area contributed by atoms with Crippen molar-refractivity contribution in [2.24, 2.45) is 0 Å². The van der Waals surface area contributed by atoms with Gasteiger partial charge in [0.25, 0.3) is 0 Å². The number of carboxylic acids is 1. The smallest absolute Gasteiger partial charge is 0.303 e. The van der Waals surface area contributed by atoms with Crippen molar-refractivity contribution in [3.8, 4) is 0 Å². The van der Waals surface area contributed by atoms with Gasteiger partial charge in [0.05, 0.1) is 0 Å². The van der Waals surface area contributed by atoms with E-state index in [1.165, 1.54) is 70.6 Å². The van der Waals surface area contributed by atoms with Crippen molar-refractivity contribution in [2.45, 2.75) is 96.8 Å². The molecule has 0 saturated carbocycles. The zero-order valence-electron chi connectivity index (χ0n) is 12.6. The first-order valence-electron chi connectivity index (χ1n) is 7.99. The molecule has 0 spiro atoms. The predicted octanol–water partition coefficient (Wildman–Crippen LogP) is 5.55. The summed E-state index contributed by atoms with van der Waals surface area (Å²) in [4.78, 5) is 10.3. The van der Waals surface area contributed by atoms with Gasteiger partial charge in [-0.2, -0.15) is 0 Å². The Morgan fingerprint density at radius 1 is 0.684 bits per heavy atom. The predicted molar refractivity (Wildman–Crippen MR) is 77.9 cm³/mol. The fourth-order valence-electron chi connectivity index (χ4n) is 2.29. The minimum absolute atomic E-state index is 0. The van der Waals surface area contributed by atoms with Crippen LogP contribution in [0, 0.1) is 39.9 Å². The van der Waals surface area contributed by atoms with Gasteiger partial charge in [0, 0.05) is 46.4 Å². The SMILES string of the molecule is CCCCCCCCCCCCCCCC(=O)O.[Gd]. The van der Waals surface area contributed by atoms with Crippen LogP contribution >= 0.6 is 0 Å². The molecule has 0 bridgehead atoms.